The first-order valence-electron chi connectivity index (χ1n) is 10.5. The van der Waals surface area contributed by atoms with Gasteiger partial charge in [-0.15, -0.1) is 0 Å². The Kier molecular flexibility index (Phi) is 6.08. The summed E-state index contributed by atoms with van der Waals surface area (Å²) in [6.07, 6.45) is 1.49. The Bertz CT molecular complexity index is 1450. The molecule has 2 aromatic heterocycles. The second-order valence-electron chi connectivity index (χ2n) is 7.85. The number of amides is 1. The van der Waals surface area contributed by atoms with E-state index in [1.54, 1.807) is 43.5 Å². The molecule has 8 nitrogen and oxygen atoms in total. The standard InChI is InChI=1S/C25H24N4O4/c1-16-6-7-17(2)20(13-16)27-22(30)15-28-21-5-4-12-26-23(21)24(31)29(25(28)32)14-18-8-10-19(33-3)11-9-18/h4-13H,14-15H2,1-3H3,(H,27,30). The van der Waals surface area contributed by atoms with Gasteiger partial charge < -0.3 is 10.1 Å². The molecule has 8 heteroatoms. The number of rotatable bonds is 6. The first kappa shape index (κ1) is 22.0. The van der Waals surface area contributed by atoms with Crippen LogP contribution in [0.4, 0.5) is 5.69 Å². The summed E-state index contributed by atoms with van der Waals surface area (Å²) < 4.78 is 7.55. The van der Waals surface area contributed by atoms with Gasteiger partial charge in [0.05, 0.1) is 19.2 Å². The fraction of sp³-hybridized carbons (Fsp3) is 0.200. The lowest BCUT2D eigenvalue weighted by atomic mass is 10.1. The summed E-state index contributed by atoms with van der Waals surface area (Å²) in [6, 6.07) is 16.1. The normalized spacial score (nSPS) is 10.9. The van der Waals surface area contributed by atoms with E-state index in [4.69, 9.17) is 4.74 Å². The number of aromatic nitrogens is 3. The van der Waals surface area contributed by atoms with Crippen molar-refractivity contribution in [1.29, 1.82) is 0 Å². The van der Waals surface area contributed by atoms with Crippen LogP contribution in [0.2, 0.25) is 0 Å². The smallest absolute Gasteiger partial charge is 0.332 e. The van der Waals surface area contributed by atoms with Crippen LogP contribution in [-0.4, -0.2) is 27.1 Å². The molecular weight excluding hydrogens is 420 g/mol. The molecule has 2 aromatic carbocycles. The number of fused-ring (bicyclic) bond motifs is 1. The molecule has 168 valence electrons. The molecule has 0 aliphatic carbocycles. The zero-order valence-electron chi connectivity index (χ0n) is 18.7. The summed E-state index contributed by atoms with van der Waals surface area (Å²) in [5.41, 5.74) is 2.72. The second kappa shape index (κ2) is 9.12. The minimum absolute atomic E-state index is 0.0484. The molecule has 0 atom stereocenters. The third-order valence-corrected chi connectivity index (χ3v) is 5.46. The molecule has 0 spiro atoms. The molecule has 0 radical (unpaired) electrons. The van der Waals surface area contributed by atoms with Gasteiger partial charge in [-0.05, 0) is 60.9 Å². The zero-order valence-corrected chi connectivity index (χ0v) is 18.7. The van der Waals surface area contributed by atoms with Gasteiger partial charge >= 0.3 is 5.69 Å². The summed E-state index contributed by atoms with van der Waals surface area (Å²) >= 11 is 0. The lowest BCUT2D eigenvalue weighted by molar-refractivity contribution is -0.116. The number of hydrogen-bond acceptors (Lipinski definition) is 5. The maximum atomic E-state index is 13.3. The number of pyridine rings is 1. The number of ether oxygens (including phenoxy) is 1. The van der Waals surface area contributed by atoms with E-state index in [0.717, 1.165) is 21.3 Å². The summed E-state index contributed by atoms with van der Waals surface area (Å²) in [4.78, 5) is 43.4. The van der Waals surface area contributed by atoms with E-state index in [9.17, 15) is 14.4 Å². The average molecular weight is 444 g/mol. The molecule has 0 fully saturated rings. The molecule has 1 amide bonds. The number of carbonyl (C=O) groups excluding carboxylic acids is 1. The number of nitrogens with one attached hydrogen (secondary N) is 1. The van der Waals surface area contributed by atoms with E-state index in [1.165, 1.54) is 10.8 Å². The van der Waals surface area contributed by atoms with Gasteiger partial charge in [-0.25, -0.2) is 9.78 Å². The fourth-order valence-corrected chi connectivity index (χ4v) is 3.65. The summed E-state index contributed by atoms with van der Waals surface area (Å²) in [5.74, 6) is 0.303. The Hall–Kier alpha value is -4.20. The number of carbonyl (C=O) groups is 1. The molecule has 4 aromatic rings. The number of hydrogen-bond donors (Lipinski definition) is 1. The zero-order chi connectivity index (χ0) is 23.5. The highest BCUT2D eigenvalue weighted by Gasteiger charge is 2.17. The van der Waals surface area contributed by atoms with Gasteiger partial charge in [-0.1, -0.05) is 24.3 Å². The Morgan fingerprint density at radius 2 is 1.79 bits per heavy atom. The predicted molar refractivity (Wildman–Crippen MR) is 127 cm³/mol. The van der Waals surface area contributed by atoms with Crippen molar-refractivity contribution in [3.05, 3.63) is 98.3 Å². The highest BCUT2D eigenvalue weighted by Crippen LogP contribution is 2.17. The first-order valence-corrected chi connectivity index (χ1v) is 10.5. The van der Waals surface area contributed by atoms with Crippen LogP contribution < -0.4 is 21.3 Å². The highest BCUT2D eigenvalue weighted by atomic mass is 16.5. The predicted octanol–water partition coefficient (Wildman–Crippen LogP) is 2.87. The molecule has 0 aliphatic rings. The molecule has 0 saturated heterocycles. The number of aryl methyl sites for hydroxylation is 2. The van der Waals surface area contributed by atoms with Gasteiger partial charge in [0.25, 0.3) is 5.56 Å². The van der Waals surface area contributed by atoms with Crippen molar-refractivity contribution in [2.24, 2.45) is 0 Å². The summed E-state index contributed by atoms with van der Waals surface area (Å²) in [6.45, 7) is 3.63. The largest absolute Gasteiger partial charge is 0.497 e. The van der Waals surface area contributed by atoms with Crippen molar-refractivity contribution in [1.82, 2.24) is 14.1 Å². The Morgan fingerprint density at radius 1 is 1.03 bits per heavy atom. The minimum atomic E-state index is -0.576. The molecule has 0 unspecified atom stereocenters. The van der Waals surface area contributed by atoms with Crippen LogP contribution in [-0.2, 0) is 17.9 Å². The van der Waals surface area contributed by atoms with E-state index in [1.807, 2.05) is 32.0 Å². The van der Waals surface area contributed by atoms with Crippen LogP contribution in [0.1, 0.15) is 16.7 Å². The summed E-state index contributed by atoms with van der Waals surface area (Å²) in [7, 11) is 1.57. The Balaban J connectivity index is 1.74. The van der Waals surface area contributed by atoms with Crippen LogP contribution in [0.5, 0.6) is 5.75 Å². The monoisotopic (exact) mass is 444 g/mol. The number of benzene rings is 2. The molecule has 4 rings (SSSR count). The van der Waals surface area contributed by atoms with Crippen molar-refractivity contribution >= 4 is 22.6 Å². The van der Waals surface area contributed by atoms with Crippen LogP contribution in [0.3, 0.4) is 0 Å². The SMILES string of the molecule is COc1ccc(Cn2c(=O)c3ncccc3n(CC(=O)Nc3cc(C)ccc3C)c2=O)cc1. The van der Waals surface area contributed by atoms with Crippen molar-refractivity contribution in [3.63, 3.8) is 0 Å². The fourth-order valence-electron chi connectivity index (χ4n) is 3.65. The van der Waals surface area contributed by atoms with E-state index in [2.05, 4.69) is 10.3 Å². The molecule has 33 heavy (non-hydrogen) atoms. The quantitative estimate of drug-likeness (QED) is 0.493. The van der Waals surface area contributed by atoms with Gasteiger partial charge in [-0.3, -0.25) is 18.7 Å². The van der Waals surface area contributed by atoms with Gasteiger partial charge in [0.2, 0.25) is 5.91 Å². The van der Waals surface area contributed by atoms with E-state index in [0.29, 0.717) is 17.0 Å². The Morgan fingerprint density at radius 3 is 2.52 bits per heavy atom. The van der Waals surface area contributed by atoms with Gasteiger partial charge in [0.1, 0.15) is 12.3 Å². The van der Waals surface area contributed by atoms with Gasteiger partial charge in [-0.2, -0.15) is 0 Å². The topological polar surface area (TPSA) is 95.2 Å². The lowest BCUT2D eigenvalue weighted by Gasteiger charge is -2.15. The first-order chi connectivity index (χ1) is 15.9. The average Bonchev–Trinajstić information content (AvgIpc) is 2.82. The van der Waals surface area contributed by atoms with E-state index >= 15 is 0 Å². The minimum Gasteiger partial charge on any atom is -0.497 e. The van der Waals surface area contributed by atoms with Crippen LogP contribution in [0.25, 0.3) is 11.0 Å². The maximum absolute atomic E-state index is 13.3. The van der Waals surface area contributed by atoms with Crippen LogP contribution >= 0.6 is 0 Å². The molecule has 1 N–H and O–H groups in total. The van der Waals surface area contributed by atoms with Crippen LogP contribution in [0.15, 0.2) is 70.4 Å². The van der Waals surface area contributed by atoms with Gasteiger partial charge in [0.15, 0.2) is 5.52 Å². The third-order valence-electron chi connectivity index (χ3n) is 5.46. The molecular formula is C25H24N4O4. The van der Waals surface area contributed by atoms with E-state index in [-0.39, 0.29) is 24.5 Å². The molecule has 2 heterocycles. The highest BCUT2D eigenvalue weighted by molar-refractivity contribution is 5.92. The molecule has 0 bridgehead atoms. The molecule has 0 aliphatic heterocycles. The number of methoxy groups -OCH3 is 1. The lowest BCUT2D eigenvalue weighted by Crippen LogP contribution is -2.42. The second-order valence-corrected chi connectivity index (χ2v) is 7.85. The van der Waals surface area contributed by atoms with Crippen molar-refractivity contribution in [2.45, 2.75) is 26.9 Å². The van der Waals surface area contributed by atoms with Crippen LogP contribution in [0, 0.1) is 13.8 Å². The van der Waals surface area contributed by atoms with Crippen molar-refractivity contribution in [3.8, 4) is 5.75 Å². The third kappa shape index (κ3) is 4.55. The van der Waals surface area contributed by atoms with Crippen molar-refractivity contribution < 1.29 is 9.53 Å². The van der Waals surface area contributed by atoms with Gasteiger partial charge in [0, 0.05) is 11.9 Å². The maximum Gasteiger partial charge on any atom is 0.332 e. The Labute approximate surface area is 190 Å². The van der Waals surface area contributed by atoms with E-state index < -0.39 is 11.2 Å². The molecule has 0 saturated carbocycles. The number of nitrogens with zero attached hydrogens (tertiary/aromatic N) is 3. The summed E-state index contributed by atoms with van der Waals surface area (Å²) in [5, 5.41) is 2.87. The number of anilines is 1. The van der Waals surface area contributed by atoms with Crippen molar-refractivity contribution in [2.75, 3.05) is 12.4 Å².